The van der Waals surface area contributed by atoms with E-state index in [1.54, 1.807) is 25.2 Å². The number of urea groups is 1. The second kappa shape index (κ2) is 8.02. The van der Waals surface area contributed by atoms with Crippen molar-refractivity contribution in [1.82, 2.24) is 20.6 Å². The molecule has 0 atom stereocenters. The Hall–Kier alpha value is -2.17. The summed E-state index contributed by atoms with van der Waals surface area (Å²) in [6, 6.07) is 3.29. The van der Waals surface area contributed by atoms with Gasteiger partial charge in [-0.05, 0) is 25.3 Å². The van der Waals surface area contributed by atoms with Gasteiger partial charge in [0.1, 0.15) is 4.83 Å². The number of hydrogen-bond acceptors (Lipinski definition) is 7. The lowest BCUT2D eigenvalue weighted by atomic mass is 10.2. The number of thiophene rings is 2. The van der Waals surface area contributed by atoms with Crippen LogP contribution < -0.4 is 16.2 Å². The summed E-state index contributed by atoms with van der Waals surface area (Å²) in [5, 5.41) is 9.58. The number of fused-ring (bicyclic) bond motifs is 1. The first kappa shape index (κ1) is 18.6. The number of imide groups is 1. The second-order valence-corrected chi connectivity index (χ2v) is 8.41. The summed E-state index contributed by atoms with van der Waals surface area (Å²) in [5.74, 6) is -0.482. The van der Waals surface area contributed by atoms with Crippen LogP contribution in [0.3, 0.4) is 0 Å². The van der Waals surface area contributed by atoms with Gasteiger partial charge in [0.15, 0.2) is 5.16 Å². The lowest BCUT2D eigenvalue weighted by Gasteiger charge is -2.08. The van der Waals surface area contributed by atoms with E-state index in [4.69, 9.17) is 0 Å². The summed E-state index contributed by atoms with van der Waals surface area (Å²) < 4.78 is 0. The average Bonchev–Trinajstić information content (AvgIpc) is 3.21. The number of carbonyl (C=O) groups excluding carboxylic acids is 2. The van der Waals surface area contributed by atoms with Gasteiger partial charge in [-0.1, -0.05) is 17.8 Å². The van der Waals surface area contributed by atoms with Crippen molar-refractivity contribution in [2.45, 2.75) is 25.0 Å². The Bertz CT molecular complexity index is 992. The van der Waals surface area contributed by atoms with Gasteiger partial charge in [0.2, 0.25) is 5.91 Å². The number of amides is 3. The number of rotatable bonds is 5. The van der Waals surface area contributed by atoms with Gasteiger partial charge in [-0.2, -0.15) is 0 Å². The highest BCUT2D eigenvalue weighted by molar-refractivity contribution is 7.99. The number of carbonyl (C=O) groups is 2. The predicted octanol–water partition coefficient (Wildman–Crippen LogP) is 3.04. The largest absolute Gasteiger partial charge is 0.336 e. The minimum atomic E-state index is -0.540. The second-order valence-electron chi connectivity index (χ2n) is 5.64. The highest BCUT2D eigenvalue weighted by Gasteiger charge is 2.15. The van der Waals surface area contributed by atoms with E-state index in [1.807, 2.05) is 22.9 Å². The number of aromatic amines is 1. The molecule has 3 N–H and O–H groups in total. The van der Waals surface area contributed by atoms with Crippen molar-refractivity contribution in [1.29, 1.82) is 0 Å². The molecule has 0 saturated heterocycles. The molecule has 0 radical (unpaired) electrons. The normalized spacial score (nSPS) is 11.0. The van der Waals surface area contributed by atoms with Gasteiger partial charge in [-0.3, -0.25) is 14.9 Å². The van der Waals surface area contributed by atoms with E-state index in [-0.39, 0.29) is 17.4 Å². The van der Waals surface area contributed by atoms with Crippen LogP contribution in [0.1, 0.15) is 13.8 Å². The van der Waals surface area contributed by atoms with Crippen molar-refractivity contribution >= 4 is 56.6 Å². The third kappa shape index (κ3) is 4.32. The summed E-state index contributed by atoms with van der Waals surface area (Å²) >= 11 is 4.03. The number of hydrogen-bond donors (Lipinski definition) is 3. The predicted molar refractivity (Wildman–Crippen MR) is 106 cm³/mol. The van der Waals surface area contributed by atoms with Gasteiger partial charge < -0.3 is 10.3 Å². The number of nitrogens with one attached hydrogen (secondary N) is 3. The van der Waals surface area contributed by atoms with E-state index in [1.165, 1.54) is 11.3 Å². The van der Waals surface area contributed by atoms with E-state index in [0.29, 0.717) is 15.4 Å². The lowest BCUT2D eigenvalue weighted by Crippen LogP contribution is -2.43. The monoisotopic (exact) mass is 408 g/mol. The first-order valence-corrected chi connectivity index (χ1v) is 10.5. The lowest BCUT2D eigenvalue weighted by molar-refractivity contribution is -0.117. The highest BCUT2D eigenvalue weighted by atomic mass is 32.2. The van der Waals surface area contributed by atoms with Crippen LogP contribution in [0.15, 0.2) is 32.8 Å². The standard InChI is InChI=1S/C16H16N4O3S3/c1-8(2)17-15(23)18-11(21)7-26-16-19-13(22)12-9(6-25-14(12)20-16)10-4-3-5-24-10/h3-6,8H,7H2,1-2H3,(H,19,20,22)(H2,17,18,21,23). The molecular weight excluding hydrogens is 392 g/mol. The Morgan fingerprint density at radius 2 is 2.15 bits per heavy atom. The molecule has 0 aromatic carbocycles. The molecule has 26 heavy (non-hydrogen) atoms. The maximum absolute atomic E-state index is 12.5. The Kier molecular flexibility index (Phi) is 5.74. The van der Waals surface area contributed by atoms with E-state index in [2.05, 4.69) is 20.6 Å². The minimum absolute atomic E-state index is 0.0247. The zero-order valence-corrected chi connectivity index (χ0v) is 16.4. The number of nitrogens with zero attached hydrogens (tertiary/aromatic N) is 1. The molecule has 0 spiro atoms. The van der Waals surface area contributed by atoms with Crippen molar-refractivity contribution in [2.75, 3.05) is 5.75 Å². The van der Waals surface area contributed by atoms with Gasteiger partial charge in [-0.15, -0.1) is 22.7 Å². The molecule has 0 aliphatic carbocycles. The summed E-state index contributed by atoms with van der Waals surface area (Å²) in [6.45, 7) is 3.60. The average molecular weight is 409 g/mol. The van der Waals surface area contributed by atoms with E-state index >= 15 is 0 Å². The maximum atomic E-state index is 12.5. The molecule has 0 aliphatic rings. The number of H-pyrrole nitrogens is 1. The first-order chi connectivity index (χ1) is 12.4. The molecule has 136 valence electrons. The summed E-state index contributed by atoms with van der Waals surface area (Å²) in [5.41, 5.74) is 0.633. The van der Waals surface area contributed by atoms with Crippen LogP contribution in [0.2, 0.25) is 0 Å². The minimum Gasteiger partial charge on any atom is -0.336 e. The zero-order valence-electron chi connectivity index (χ0n) is 14.0. The smallest absolute Gasteiger partial charge is 0.321 e. The summed E-state index contributed by atoms with van der Waals surface area (Å²) in [7, 11) is 0. The topological polar surface area (TPSA) is 104 Å². The third-order valence-corrected chi connectivity index (χ3v) is 5.87. The van der Waals surface area contributed by atoms with Crippen LogP contribution in [-0.2, 0) is 4.79 Å². The van der Waals surface area contributed by atoms with E-state index < -0.39 is 11.9 Å². The summed E-state index contributed by atoms with van der Waals surface area (Å²) in [6.07, 6.45) is 0. The number of aromatic nitrogens is 2. The van der Waals surface area contributed by atoms with Crippen LogP contribution in [0.25, 0.3) is 20.7 Å². The Labute approximate surface area is 161 Å². The van der Waals surface area contributed by atoms with Crippen molar-refractivity contribution in [2.24, 2.45) is 0 Å². The molecule has 3 rings (SSSR count). The van der Waals surface area contributed by atoms with Gasteiger partial charge in [0, 0.05) is 21.9 Å². The Balaban J connectivity index is 1.71. The fourth-order valence-electron chi connectivity index (χ4n) is 2.21. The summed E-state index contributed by atoms with van der Waals surface area (Å²) in [4.78, 5) is 44.5. The molecule has 3 aromatic heterocycles. The van der Waals surface area contributed by atoms with E-state index in [9.17, 15) is 14.4 Å². The fraction of sp³-hybridized carbons (Fsp3) is 0.250. The van der Waals surface area contributed by atoms with Gasteiger partial charge >= 0.3 is 6.03 Å². The van der Waals surface area contributed by atoms with Crippen LogP contribution in [-0.4, -0.2) is 33.7 Å². The van der Waals surface area contributed by atoms with Crippen molar-refractivity contribution in [3.63, 3.8) is 0 Å². The molecule has 0 unspecified atom stereocenters. The van der Waals surface area contributed by atoms with Crippen LogP contribution in [0, 0.1) is 0 Å². The zero-order chi connectivity index (χ0) is 18.7. The molecule has 3 amide bonds. The van der Waals surface area contributed by atoms with Crippen LogP contribution in [0.4, 0.5) is 4.79 Å². The number of thioether (sulfide) groups is 1. The van der Waals surface area contributed by atoms with Crippen molar-refractivity contribution in [3.8, 4) is 10.4 Å². The van der Waals surface area contributed by atoms with Gasteiger partial charge in [-0.25, -0.2) is 9.78 Å². The molecule has 7 nitrogen and oxygen atoms in total. The van der Waals surface area contributed by atoms with Crippen molar-refractivity contribution < 1.29 is 9.59 Å². The molecule has 0 fully saturated rings. The quantitative estimate of drug-likeness (QED) is 0.445. The van der Waals surface area contributed by atoms with Gasteiger partial charge in [0.05, 0.1) is 11.1 Å². The van der Waals surface area contributed by atoms with Crippen LogP contribution in [0.5, 0.6) is 0 Å². The molecular formula is C16H16N4O3S3. The molecule has 0 bridgehead atoms. The third-order valence-electron chi connectivity index (χ3n) is 3.22. The SMILES string of the molecule is CC(C)NC(=O)NC(=O)CSc1nc2scc(-c3cccs3)c2c(=O)[nH]1. The first-order valence-electron chi connectivity index (χ1n) is 7.72. The Morgan fingerprint density at radius 3 is 2.85 bits per heavy atom. The molecule has 0 aliphatic heterocycles. The van der Waals surface area contributed by atoms with Gasteiger partial charge in [0.25, 0.3) is 5.56 Å². The molecule has 10 heteroatoms. The molecule has 3 aromatic rings. The highest BCUT2D eigenvalue weighted by Crippen LogP contribution is 2.33. The van der Waals surface area contributed by atoms with Crippen LogP contribution >= 0.6 is 34.4 Å². The Morgan fingerprint density at radius 1 is 1.35 bits per heavy atom. The fourth-order valence-corrected chi connectivity index (χ4v) is 4.69. The maximum Gasteiger partial charge on any atom is 0.321 e. The van der Waals surface area contributed by atoms with Crippen molar-refractivity contribution in [3.05, 3.63) is 33.2 Å². The molecule has 3 heterocycles. The molecule has 0 saturated carbocycles. The van der Waals surface area contributed by atoms with E-state index in [0.717, 1.165) is 22.2 Å².